The second kappa shape index (κ2) is 5.15. The van der Waals surface area contributed by atoms with Crippen LogP contribution in [0.5, 0.6) is 0 Å². The third kappa shape index (κ3) is 2.53. The molecule has 0 atom stereocenters. The average Bonchev–Trinajstić information content (AvgIpc) is 2.93. The molecule has 1 heterocycles. The van der Waals surface area contributed by atoms with Crippen molar-refractivity contribution in [2.45, 2.75) is 44.2 Å². The molecule has 2 aliphatic rings. The van der Waals surface area contributed by atoms with Crippen LogP contribution in [0.25, 0.3) is 0 Å². The van der Waals surface area contributed by atoms with Crippen molar-refractivity contribution in [2.24, 2.45) is 5.73 Å². The first-order valence-corrected chi connectivity index (χ1v) is 7.43. The van der Waals surface area contributed by atoms with Gasteiger partial charge in [-0.2, -0.15) is 0 Å². The topological polar surface area (TPSA) is 83.6 Å². The van der Waals surface area contributed by atoms with E-state index in [0.717, 1.165) is 43.2 Å². The lowest BCUT2D eigenvalue weighted by atomic mass is 9.93. The van der Waals surface area contributed by atoms with Crippen molar-refractivity contribution in [3.8, 4) is 0 Å². The van der Waals surface area contributed by atoms with Crippen LogP contribution >= 0.6 is 0 Å². The van der Waals surface area contributed by atoms with Crippen LogP contribution in [0.4, 0.5) is 0 Å². The summed E-state index contributed by atoms with van der Waals surface area (Å²) in [5.41, 5.74) is 7.86. The predicted octanol–water partition coefficient (Wildman–Crippen LogP) is 1.54. The number of amides is 1. The minimum absolute atomic E-state index is 0.0198. The molecule has 1 aliphatic heterocycles. The largest absolute Gasteiger partial charge is 0.478 e. The highest BCUT2D eigenvalue weighted by Gasteiger charge is 2.40. The molecular formula is C16H20N2O3. The highest BCUT2D eigenvalue weighted by molar-refractivity contribution is 5.88. The molecule has 0 radical (unpaired) electrons. The van der Waals surface area contributed by atoms with Crippen molar-refractivity contribution >= 4 is 11.9 Å². The number of carboxylic acid groups (broad SMARTS) is 1. The van der Waals surface area contributed by atoms with Gasteiger partial charge in [0.15, 0.2) is 0 Å². The van der Waals surface area contributed by atoms with E-state index in [-0.39, 0.29) is 11.5 Å². The quantitative estimate of drug-likeness (QED) is 0.864. The van der Waals surface area contributed by atoms with Gasteiger partial charge in [-0.15, -0.1) is 0 Å². The maximum Gasteiger partial charge on any atom is 0.335 e. The Bertz CT molecular complexity index is 591. The Morgan fingerprint density at radius 3 is 2.57 bits per heavy atom. The summed E-state index contributed by atoms with van der Waals surface area (Å²) < 4.78 is 0. The van der Waals surface area contributed by atoms with Crippen molar-refractivity contribution in [2.75, 3.05) is 6.54 Å². The van der Waals surface area contributed by atoms with Gasteiger partial charge < -0.3 is 15.7 Å². The first-order chi connectivity index (χ1) is 9.99. The molecule has 5 nitrogen and oxygen atoms in total. The lowest BCUT2D eigenvalue weighted by molar-refractivity contribution is -0.137. The molecule has 3 N–H and O–H groups in total. The molecule has 112 valence electrons. The number of hydrogen-bond donors (Lipinski definition) is 2. The molecule has 1 saturated carbocycles. The van der Waals surface area contributed by atoms with Gasteiger partial charge in [-0.3, -0.25) is 4.79 Å². The molecule has 1 aromatic carbocycles. The number of carbonyl (C=O) groups excluding carboxylic acids is 1. The predicted molar refractivity (Wildman–Crippen MR) is 77.9 cm³/mol. The summed E-state index contributed by atoms with van der Waals surface area (Å²) in [6.07, 6.45) is 4.29. The molecule has 21 heavy (non-hydrogen) atoms. The average molecular weight is 288 g/mol. The molecule has 1 aromatic rings. The minimum Gasteiger partial charge on any atom is -0.478 e. The monoisotopic (exact) mass is 288 g/mol. The van der Waals surface area contributed by atoms with Gasteiger partial charge in [-0.25, -0.2) is 4.79 Å². The van der Waals surface area contributed by atoms with Gasteiger partial charge in [0.2, 0.25) is 5.91 Å². The molecule has 0 spiro atoms. The zero-order valence-electron chi connectivity index (χ0n) is 12.0. The van der Waals surface area contributed by atoms with Gasteiger partial charge in [-0.1, -0.05) is 18.9 Å². The summed E-state index contributed by atoms with van der Waals surface area (Å²) in [7, 11) is 0. The Hall–Kier alpha value is -1.88. The lowest BCUT2D eigenvalue weighted by Crippen LogP contribution is -2.54. The number of aromatic carboxylic acids is 1. The molecule has 0 aromatic heterocycles. The van der Waals surface area contributed by atoms with E-state index in [4.69, 9.17) is 10.8 Å². The Kier molecular flexibility index (Phi) is 3.45. The normalized spacial score (nSPS) is 20.1. The first-order valence-electron chi connectivity index (χ1n) is 7.43. The standard InChI is InChI=1S/C16H20N2O3/c17-16(6-1-2-7-16)15(21)18-8-5-11-3-4-12(14(19)20)9-13(11)10-18/h3-4,9H,1-2,5-8,10,17H2,(H,19,20). The zero-order chi connectivity index (χ0) is 15.0. The van der Waals surface area contributed by atoms with E-state index in [9.17, 15) is 9.59 Å². The van der Waals surface area contributed by atoms with Crippen LogP contribution in [0, 0.1) is 0 Å². The van der Waals surface area contributed by atoms with Crippen LogP contribution in [0.1, 0.15) is 47.2 Å². The van der Waals surface area contributed by atoms with Gasteiger partial charge in [0, 0.05) is 13.1 Å². The molecule has 0 bridgehead atoms. The van der Waals surface area contributed by atoms with Gasteiger partial charge in [0.25, 0.3) is 0 Å². The van der Waals surface area contributed by atoms with Crippen molar-refractivity contribution in [3.05, 3.63) is 34.9 Å². The number of fused-ring (bicyclic) bond motifs is 1. The Labute approximate surface area is 123 Å². The maximum absolute atomic E-state index is 12.6. The van der Waals surface area contributed by atoms with E-state index in [0.29, 0.717) is 13.1 Å². The zero-order valence-corrected chi connectivity index (χ0v) is 12.0. The number of carboxylic acids is 1. The minimum atomic E-state index is -0.938. The smallest absolute Gasteiger partial charge is 0.335 e. The maximum atomic E-state index is 12.6. The first kappa shape index (κ1) is 14.1. The number of hydrogen-bond acceptors (Lipinski definition) is 3. The number of carbonyl (C=O) groups is 2. The molecule has 0 unspecified atom stereocenters. The van der Waals surface area contributed by atoms with E-state index >= 15 is 0 Å². The van der Waals surface area contributed by atoms with Gasteiger partial charge >= 0.3 is 5.97 Å². The number of rotatable bonds is 2. The fraction of sp³-hybridized carbons (Fsp3) is 0.500. The second-order valence-corrected chi connectivity index (χ2v) is 6.13. The van der Waals surface area contributed by atoms with Crippen molar-refractivity contribution in [1.82, 2.24) is 4.90 Å². The highest BCUT2D eigenvalue weighted by Crippen LogP contribution is 2.31. The van der Waals surface area contributed by atoms with E-state index in [1.807, 2.05) is 6.07 Å². The van der Waals surface area contributed by atoms with Crippen molar-refractivity contribution in [1.29, 1.82) is 0 Å². The molecule has 1 amide bonds. The van der Waals surface area contributed by atoms with Crippen LogP contribution in [0.15, 0.2) is 18.2 Å². The van der Waals surface area contributed by atoms with Crippen molar-refractivity contribution in [3.63, 3.8) is 0 Å². The Balaban J connectivity index is 1.81. The van der Waals surface area contributed by atoms with Gasteiger partial charge in [0.1, 0.15) is 0 Å². The number of nitrogens with two attached hydrogens (primary N) is 1. The summed E-state index contributed by atoms with van der Waals surface area (Å²) in [6.45, 7) is 1.13. The van der Waals surface area contributed by atoms with Crippen LogP contribution in [0.2, 0.25) is 0 Å². The van der Waals surface area contributed by atoms with Crippen LogP contribution in [0.3, 0.4) is 0 Å². The van der Waals surface area contributed by atoms with Crippen LogP contribution in [-0.4, -0.2) is 34.0 Å². The molecular weight excluding hydrogens is 268 g/mol. The van der Waals surface area contributed by atoms with E-state index in [1.165, 1.54) is 0 Å². The molecule has 3 rings (SSSR count). The summed E-state index contributed by atoms with van der Waals surface area (Å²) in [5.74, 6) is -0.918. The highest BCUT2D eigenvalue weighted by atomic mass is 16.4. The third-order valence-corrected chi connectivity index (χ3v) is 4.67. The summed E-state index contributed by atoms with van der Waals surface area (Å²) in [6, 6.07) is 5.16. The third-order valence-electron chi connectivity index (χ3n) is 4.67. The lowest BCUT2D eigenvalue weighted by Gasteiger charge is -2.35. The van der Waals surface area contributed by atoms with Gasteiger partial charge in [-0.05, 0) is 42.5 Å². The van der Waals surface area contributed by atoms with E-state index in [1.54, 1.807) is 17.0 Å². The van der Waals surface area contributed by atoms with E-state index < -0.39 is 11.5 Å². The second-order valence-electron chi connectivity index (χ2n) is 6.13. The SMILES string of the molecule is NC1(C(=O)N2CCc3ccc(C(=O)O)cc3C2)CCCC1. The fourth-order valence-electron chi connectivity index (χ4n) is 3.40. The summed E-state index contributed by atoms with van der Waals surface area (Å²) in [5, 5.41) is 9.07. The molecule has 5 heteroatoms. The number of benzene rings is 1. The summed E-state index contributed by atoms with van der Waals surface area (Å²) in [4.78, 5) is 25.5. The molecule has 0 saturated heterocycles. The molecule has 1 aliphatic carbocycles. The van der Waals surface area contributed by atoms with Crippen molar-refractivity contribution < 1.29 is 14.7 Å². The molecule has 1 fully saturated rings. The Morgan fingerprint density at radius 1 is 1.19 bits per heavy atom. The van der Waals surface area contributed by atoms with Crippen LogP contribution < -0.4 is 5.73 Å². The number of nitrogens with zero attached hydrogens (tertiary/aromatic N) is 1. The van der Waals surface area contributed by atoms with E-state index in [2.05, 4.69) is 0 Å². The fourth-order valence-corrected chi connectivity index (χ4v) is 3.40. The summed E-state index contributed by atoms with van der Waals surface area (Å²) >= 11 is 0. The van der Waals surface area contributed by atoms with Gasteiger partial charge in [0.05, 0.1) is 11.1 Å². The Morgan fingerprint density at radius 2 is 1.90 bits per heavy atom. The van der Waals surface area contributed by atoms with Crippen LogP contribution in [-0.2, 0) is 17.8 Å².